The Labute approximate surface area is 147 Å². The largest absolute Gasteiger partial charge is 0.503 e. The molecule has 0 radical (unpaired) electrons. The Morgan fingerprint density at radius 3 is 2.41 bits per heavy atom. The maximum absolute atomic E-state index is 10.0. The van der Waals surface area contributed by atoms with E-state index in [0.717, 1.165) is 29.7 Å². The number of phenolic OH excluding ortho intramolecular Hbond substituents is 2. The number of aromatic hydroxyl groups is 2. The van der Waals surface area contributed by atoms with Crippen LogP contribution in [0.25, 0.3) is 0 Å². The Morgan fingerprint density at radius 1 is 1.09 bits per heavy atom. The van der Waals surface area contributed by atoms with Crippen molar-refractivity contribution in [1.29, 1.82) is 0 Å². The minimum absolute atomic E-state index is 0.0670. The predicted molar refractivity (Wildman–Crippen MR) is 92.0 cm³/mol. The molecule has 1 aliphatic heterocycles. The fourth-order valence-corrected chi connectivity index (χ4v) is 4.02. The summed E-state index contributed by atoms with van der Waals surface area (Å²) in [6, 6.07) is 9.97. The number of benzene rings is 2. The first-order valence-electron chi connectivity index (χ1n) is 6.88. The second-order valence-electron chi connectivity index (χ2n) is 5.30. The molecule has 0 amide bonds. The lowest BCUT2D eigenvalue weighted by Gasteiger charge is -2.34. The normalized spacial score (nSPS) is 18.2. The Kier molecular flexibility index (Phi) is 4.55. The Morgan fingerprint density at radius 2 is 1.73 bits per heavy atom. The molecule has 116 valence electrons. The summed E-state index contributed by atoms with van der Waals surface area (Å²) >= 11 is 16.1. The van der Waals surface area contributed by atoms with Crippen molar-refractivity contribution in [1.82, 2.24) is 3.93 Å². The average Bonchev–Trinajstić information content (AvgIpc) is 2.53. The first kappa shape index (κ1) is 15.9. The van der Waals surface area contributed by atoms with Crippen LogP contribution in [0.15, 0.2) is 30.3 Å². The van der Waals surface area contributed by atoms with Crippen LogP contribution in [0, 0.1) is 0 Å². The van der Waals surface area contributed by atoms with E-state index in [1.807, 2.05) is 34.3 Å². The van der Waals surface area contributed by atoms with E-state index in [-0.39, 0.29) is 27.6 Å². The molecule has 3 rings (SSSR count). The molecule has 0 spiro atoms. The summed E-state index contributed by atoms with van der Waals surface area (Å²) in [6.45, 7) is 0.741. The van der Waals surface area contributed by atoms with Gasteiger partial charge in [0.1, 0.15) is 0 Å². The molecule has 0 saturated carbocycles. The second-order valence-corrected chi connectivity index (χ2v) is 6.96. The topological polar surface area (TPSA) is 43.7 Å². The van der Waals surface area contributed by atoms with Crippen LogP contribution in [-0.2, 0) is 12.8 Å². The number of fused-ring (bicyclic) bond motifs is 1. The fraction of sp³-hybridized carbons (Fsp3) is 0.250. The molecule has 0 fully saturated rings. The van der Waals surface area contributed by atoms with Crippen molar-refractivity contribution < 1.29 is 10.2 Å². The standard InChI is InChI=1S/C16H14BrCl2NO2/c17-20-7-6-10-12(14(19)16(22)15(21)13(10)18)11(20)8-9-4-2-1-3-5-9/h1-5,11,21-22H,6-8H2. The van der Waals surface area contributed by atoms with Gasteiger partial charge in [-0.05, 0) is 29.5 Å². The van der Waals surface area contributed by atoms with Crippen molar-refractivity contribution in [3.63, 3.8) is 0 Å². The van der Waals surface area contributed by atoms with Gasteiger partial charge in [-0.3, -0.25) is 0 Å². The summed E-state index contributed by atoms with van der Waals surface area (Å²) in [5.74, 6) is -0.696. The number of rotatable bonds is 2. The van der Waals surface area contributed by atoms with Crippen molar-refractivity contribution in [2.75, 3.05) is 6.54 Å². The van der Waals surface area contributed by atoms with E-state index >= 15 is 0 Å². The summed E-state index contributed by atoms with van der Waals surface area (Å²) in [7, 11) is 0. The van der Waals surface area contributed by atoms with Gasteiger partial charge in [0, 0.05) is 22.7 Å². The van der Waals surface area contributed by atoms with E-state index < -0.39 is 0 Å². The average molecular weight is 403 g/mol. The van der Waals surface area contributed by atoms with Gasteiger partial charge >= 0.3 is 0 Å². The van der Waals surface area contributed by atoms with Crippen LogP contribution in [0.3, 0.4) is 0 Å². The number of halogens is 3. The molecule has 2 N–H and O–H groups in total. The molecule has 22 heavy (non-hydrogen) atoms. The molecule has 6 heteroatoms. The van der Waals surface area contributed by atoms with Gasteiger partial charge in [0.2, 0.25) is 0 Å². The van der Waals surface area contributed by atoms with Gasteiger partial charge < -0.3 is 10.2 Å². The quantitative estimate of drug-likeness (QED) is 0.557. The molecule has 0 aromatic heterocycles. The van der Waals surface area contributed by atoms with E-state index in [0.29, 0.717) is 6.42 Å². The minimum Gasteiger partial charge on any atom is -0.503 e. The van der Waals surface area contributed by atoms with Gasteiger partial charge in [-0.2, -0.15) is 0 Å². The molecule has 0 bridgehead atoms. The van der Waals surface area contributed by atoms with E-state index in [9.17, 15) is 10.2 Å². The van der Waals surface area contributed by atoms with Gasteiger partial charge in [-0.25, -0.2) is 3.93 Å². The summed E-state index contributed by atoms with van der Waals surface area (Å²) in [4.78, 5) is 0. The Balaban J connectivity index is 2.10. The molecule has 2 aromatic carbocycles. The lowest BCUT2D eigenvalue weighted by Crippen LogP contribution is -2.30. The Bertz CT molecular complexity index is 709. The first-order chi connectivity index (χ1) is 10.5. The molecule has 1 heterocycles. The highest BCUT2D eigenvalue weighted by molar-refractivity contribution is 9.07. The van der Waals surface area contributed by atoms with Gasteiger partial charge in [0.15, 0.2) is 11.5 Å². The summed E-state index contributed by atoms with van der Waals surface area (Å²) < 4.78 is 2.01. The van der Waals surface area contributed by atoms with Crippen LogP contribution in [0.2, 0.25) is 10.0 Å². The Hall–Kier alpha value is -0.940. The smallest absolute Gasteiger partial charge is 0.178 e. The van der Waals surface area contributed by atoms with E-state index in [1.54, 1.807) is 0 Å². The van der Waals surface area contributed by atoms with Crippen molar-refractivity contribution >= 4 is 39.3 Å². The predicted octanol–water partition coefficient (Wildman–Crippen LogP) is 4.86. The molecule has 2 aromatic rings. The first-order valence-corrected chi connectivity index (χ1v) is 8.35. The van der Waals surface area contributed by atoms with Gasteiger partial charge in [-0.1, -0.05) is 53.5 Å². The number of phenols is 2. The van der Waals surface area contributed by atoms with Gasteiger partial charge in [0.05, 0.1) is 16.1 Å². The zero-order chi connectivity index (χ0) is 15.9. The van der Waals surface area contributed by atoms with Gasteiger partial charge in [0.25, 0.3) is 0 Å². The van der Waals surface area contributed by atoms with Crippen molar-refractivity contribution in [3.8, 4) is 11.5 Å². The van der Waals surface area contributed by atoms with Crippen LogP contribution in [-0.4, -0.2) is 20.7 Å². The van der Waals surface area contributed by atoms with Crippen LogP contribution < -0.4 is 0 Å². The van der Waals surface area contributed by atoms with Gasteiger partial charge in [-0.15, -0.1) is 0 Å². The maximum atomic E-state index is 10.0. The maximum Gasteiger partial charge on any atom is 0.178 e. The SMILES string of the molecule is Oc1c(O)c(Cl)c2c(c1Cl)CCN(Br)C2Cc1ccccc1. The molecule has 0 aliphatic carbocycles. The lowest BCUT2D eigenvalue weighted by molar-refractivity contribution is 0.344. The fourth-order valence-electron chi connectivity index (χ4n) is 2.87. The van der Waals surface area contributed by atoms with Crippen molar-refractivity contribution in [3.05, 3.63) is 57.1 Å². The zero-order valence-corrected chi connectivity index (χ0v) is 14.7. The number of hydrogen-bond donors (Lipinski definition) is 2. The molecular weight excluding hydrogens is 389 g/mol. The highest BCUT2D eigenvalue weighted by Crippen LogP contribution is 2.50. The third kappa shape index (κ3) is 2.69. The molecule has 1 unspecified atom stereocenters. The summed E-state index contributed by atoms with van der Waals surface area (Å²) in [5.41, 5.74) is 2.73. The van der Waals surface area contributed by atoms with Crippen LogP contribution in [0.4, 0.5) is 0 Å². The monoisotopic (exact) mass is 401 g/mol. The third-order valence-corrected chi connectivity index (χ3v) is 5.62. The number of hydrogen-bond acceptors (Lipinski definition) is 3. The minimum atomic E-state index is -0.355. The van der Waals surface area contributed by atoms with E-state index in [1.165, 1.54) is 0 Å². The van der Waals surface area contributed by atoms with Crippen LogP contribution in [0.5, 0.6) is 11.5 Å². The molecule has 1 aliphatic rings. The highest BCUT2D eigenvalue weighted by Gasteiger charge is 2.33. The molecule has 0 saturated heterocycles. The summed E-state index contributed by atoms with van der Waals surface area (Å²) in [6.07, 6.45) is 1.37. The van der Waals surface area contributed by atoms with Crippen LogP contribution >= 0.6 is 39.3 Å². The van der Waals surface area contributed by atoms with Crippen molar-refractivity contribution in [2.24, 2.45) is 0 Å². The summed E-state index contributed by atoms with van der Waals surface area (Å²) in [5, 5.41) is 20.3. The second kappa shape index (κ2) is 6.28. The van der Waals surface area contributed by atoms with E-state index in [2.05, 4.69) is 16.1 Å². The third-order valence-electron chi connectivity index (χ3n) is 3.99. The van der Waals surface area contributed by atoms with Crippen molar-refractivity contribution in [2.45, 2.75) is 18.9 Å². The highest BCUT2D eigenvalue weighted by atomic mass is 79.9. The zero-order valence-electron chi connectivity index (χ0n) is 11.6. The lowest BCUT2D eigenvalue weighted by atomic mass is 9.89. The number of nitrogens with zero attached hydrogens (tertiary/aromatic N) is 1. The van der Waals surface area contributed by atoms with E-state index in [4.69, 9.17) is 23.2 Å². The molecule has 1 atom stereocenters. The van der Waals surface area contributed by atoms with Crippen LogP contribution in [0.1, 0.15) is 22.7 Å². The molecular formula is C16H14BrCl2NO2. The molecule has 3 nitrogen and oxygen atoms in total.